The molecule has 0 aliphatic carbocycles. The van der Waals surface area contributed by atoms with Crippen LogP contribution in [-0.4, -0.2) is 37.0 Å². The molecule has 0 radical (unpaired) electrons. The van der Waals surface area contributed by atoms with Crippen molar-refractivity contribution in [2.24, 2.45) is 5.73 Å². The molecule has 2 aromatic rings. The monoisotopic (exact) mass is 343 g/mol. The number of anilines is 1. The van der Waals surface area contributed by atoms with Gasteiger partial charge in [0.05, 0.1) is 0 Å². The summed E-state index contributed by atoms with van der Waals surface area (Å²) in [5, 5.41) is 0.736. The average Bonchev–Trinajstić information content (AvgIpc) is 2.62. The molecule has 1 unspecified atom stereocenters. The van der Waals surface area contributed by atoms with Gasteiger partial charge in [0.25, 0.3) is 0 Å². The van der Waals surface area contributed by atoms with Crippen molar-refractivity contribution < 1.29 is 4.79 Å². The molecule has 4 nitrogen and oxygen atoms in total. The molecule has 3 rings (SSSR count). The maximum absolute atomic E-state index is 12.5. The number of hydrogen-bond donors (Lipinski definition) is 1. The van der Waals surface area contributed by atoms with Crippen molar-refractivity contribution in [3.8, 4) is 0 Å². The van der Waals surface area contributed by atoms with Crippen LogP contribution in [-0.2, 0) is 4.79 Å². The highest BCUT2D eigenvalue weighted by Gasteiger charge is 2.23. The Morgan fingerprint density at radius 1 is 1.04 bits per heavy atom. The Morgan fingerprint density at radius 3 is 2.42 bits per heavy atom. The van der Waals surface area contributed by atoms with Crippen molar-refractivity contribution in [1.29, 1.82) is 0 Å². The van der Waals surface area contributed by atoms with E-state index in [2.05, 4.69) is 11.0 Å². The smallest absolute Gasteiger partial charge is 0.224 e. The van der Waals surface area contributed by atoms with Gasteiger partial charge in [0, 0.05) is 49.4 Å². The minimum atomic E-state index is -0.246. The van der Waals surface area contributed by atoms with Crippen LogP contribution in [0.15, 0.2) is 54.6 Å². The zero-order valence-corrected chi connectivity index (χ0v) is 14.3. The summed E-state index contributed by atoms with van der Waals surface area (Å²) in [7, 11) is 0. The fourth-order valence-corrected chi connectivity index (χ4v) is 3.21. The molecule has 1 aliphatic heterocycles. The zero-order valence-electron chi connectivity index (χ0n) is 13.6. The Morgan fingerprint density at radius 2 is 1.75 bits per heavy atom. The number of carbonyl (C=O) groups excluding carboxylic acids is 1. The molecule has 2 aromatic carbocycles. The van der Waals surface area contributed by atoms with Crippen LogP contribution in [0.3, 0.4) is 0 Å². The number of halogens is 1. The predicted molar refractivity (Wildman–Crippen MR) is 98.2 cm³/mol. The van der Waals surface area contributed by atoms with Crippen molar-refractivity contribution in [2.75, 3.05) is 31.1 Å². The molecule has 24 heavy (non-hydrogen) atoms. The lowest BCUT2D eigenvalue weighted by atomic mass is 10.0. The van der Waals surface area contributed by atoms with E-state index in [-0.39, 0.29) is 11.9 Å². The van der Waals surface area contributed by atoms with Gasteiger partial charge in [0.1, 0.15) is 0 Å². The number of piperazine rings is 1. The molecule has 0 bridgehead atoms. The largest absolute Gasteiger partial charge is 0.368 e. The summed E-state index contributed by atoms with van der Waals surface area (Å²) in [6.45, 7) is 3.05. The van der Waals surface area contributed by atoms with Crippen LogP contribution < -0.4 is 10.6 Å². The number of nitrogens with zero attached hydrogens (tertiary/aromatic N) is 2. The zero-order chi connectivity index (χ0) is 16.9. The second-order valence-corrected chi connectivity index (χ2v) is 6.51. The lowest BCUT2D eigenvalue weighted by Gasteiger charge is -2.36. The minimum absolute atomic E-state index is 0.122. The van der Waals surface area contributed by atoms with Gasteiger partial charge in [-0.1, -0.05) is 48.0 Å². The van der Waals surface area contributed by atoms with Crippen LogP contribution in [0.1, 0.15) is 18.0 Å². The Balaban J connectivity index is 1.53. The maximum Gasteiger partial charge on any atom is 0.224 e. The third kappa shape index (κ3) is 4.08. The van der Waals surface area contributed by atoms with Crippen LogP contribution in [0, 0.1) is 0 Å². The van der Waals surface area contributed by atoms with Crippen molar-refractivity contribution in [3.63, 3.8) is 0 Å². The molecule has 1 aliphatic rings. The van der Waals surface area contributed by atoms with E-state index >= 15 is 0 Å². The third-order valence-corrected chi connectivity index (χ3v) is 4.66. The first-order valence-electron chi connectivity index (χ1n) is 8.22. The molecule has 1 atom stereocenters. The van der Waals surface area contributed by atoms with Crippen LogP contribution in [0.25, 0.3) is 0 Å². The molecule has 1 fully saturated rings. The number of nitrogens with two attached hydrogens (primary N) is 1. The Labute approximate surface area is 147 Å². The quantitative estimate of drug-likeness (QED) is 0.928. The molecule has 5 heteroatoms. The van der Waals surface area contributed by atoms with Crippen molar-refractivity contribution in [1.82, 2.24) is 4.90 Å². The lowest BCUT2D eigenvalue weighted by molar-refractivity contribution is -0.131. The maximum atomic E-state index is 12.5. The van der Waals surface area contributed by atoms with Crippen molar-refractivity contribution in [2.45, 2.75) is 12.5 Å². The highest BCUT2D eigenvalue weighted by atomic mass is 35.5. The van der Waals surface area contributed by atoms with Gasteiger partial charge in [-0.05, 0) is 23.8 Å². The Bertz CT molecular complexity index is 684. The summed E-state index contributed by atoms with van der Waals surface area (Å²) < 4.78 is 0. The molecule has 0 aromatic heterocycles. The van der Waals surface area contributed by atoms with Gasteiger partial charge < -0.3 is 15.5 Å². The first-order valence-corrected chi connectivity index (χ1v) is 8.60. The number of benzene rings is 2. The first kappa shape index (κ1) is 16.8. The van der Waals surface area contributed by atoms with Crippen molar-refractivity contribution in [3.05, 3.63) is 65.2 Å². The number of carbonyl (C=O) groups is 1. The SMILES string of the molecule is NC(CC(=O)N1CCN(c2cccc(Cl)c2)CC1)c1ccccc1. The lowest BCUT2D eigenvalue weighted by Crippen LogP contribution is -2.49. The second kappa shape index (κ2) is 7.69. The van der Waals surface area contributed by atoms with E-state index < -0.39 is 0 Å². The molecular formula is C19H22ClN3O. The molecular weight excluding hydrogens is 322 g/mol. The molecule has 0 spiro atoms. The normalized spacial score (nSPS) is 16.1. The molecule has 1 amide bonds. The fourth-order valence-electron chi connectivity index (χ4n) is 3.02. The minimum Gasteiger partial charge on any atom is -0.368 e. The van der Waals surface area contributed by atoms with E-state index in [0.29, 0.717) is 19.5 Å². The van der Waals surface area contributed by atoms with Gasteiger partial charge in [-0.3, -0.25) is 4.79 Å². The van der Waals surface area contributed by atoms with E-state index in [1.165, 1.54) is 0 Å². The van der Waals surface area contributed by atoms with Crippen LogP contribution >= 0.6 is 11.6 Å². The highest BCUT2D eigenvalue weighted by Crippen LogP contribution is 2.21. The second-order valence-electron chi connectivity index (χ2n) is 6.07. The van der Waals surface area contributed by atoms with E-state index in [0.717, 1.165) is 29.4 Å². The van der Waals surface area contributed by atoms with Crippen LogP contribution in [0.2, 0.25) is 5.02 Å². The van der Waals surface area contributed by atoms with E-state index in [9.17, 15) is 4.79 Å². The summed E-state index contributed by atoms with van der Waals surface area (Å²) in [5.41, 5.74) is 8.28. The molecule has 1 heterocycles. The van der Waals surface area contributed by atoms with Gasteiger partial charge in [0.2, 0.25) is 5.91 Å². The van der Waals surface area contributed by atoms with E-state index in [4.69, 9.17) is 17.3 Å². The van der Waals surface area contributed by atoms with Crippen LogP contribution in [0.5, 0.6) is 0 Å². The number of hydrogen-bond acceptors (Lipinski definition) is 3. The summed E-state index contributed by atoms with van der Waals surface area (Å²) in [5.74, 6) is 0.122. The Kier molecular flexibility index (Phi) is 5.38. The van der Waals surface area contributed by atoms with Gasteiger partial charge in [-0.2, -0.15) is 0 Å². The molecule has 1 saturated heterocycles. The Hall–Kier alpha value is -2.04. The van der Waals surface area contributed by atoms with Gasteiger partial charge in [-0.15, -0.1) is 0 Å². The average molecular weight is 344 g/mol. The first-order chi connectivity index (χ1) is 11.6. The summed E-state index contributed by atoms with van der Waals surface area (Å²) >= 11 is 6.05. The van der Waals surface area contributed by atoms with Gasteiger partial charge in [0.15, 0.2) is 0 Å². The standard InChI is InChI=1S/C19H22ClN3O/c20-16-7-4-8-17(13-16)22-9-11-23(12-10-22)19(24)14-18(21)15-5-2-1-3-6-15/h1-8,13,18H,9-12,14,21H2. The fraction of sp³-hybridized carbons (Fsp3) is 0.316. The highest BCUT2D eigenvalue weighted by molar-refractivity contribution is 6.30. The molecule has 0 saturated carbocycles. The predicted octanol–water partition coefficient (Wildman–Crippen LogP) is 3.08. The van der Waals surface area contributed by atoms with Gasteiger partial charge >= 0.3 is 0 Å². The number of amides is 1. The van der Waals surface area contributed by atoms with E-state index in [1.807, 2.05) is 53.4 Å². The molecule has 126 valence electrons. The molecule has 2 N–H and O–H groups in total. The third-order valence-electron chi connectivity index (χ3n) is 4.43. The topological polar surface area (TPSA) is 49.6 Å². The summed E-state index contributed by atoms with van der Waals surface area (Å²) in [6, 6.07) is 17.4. The summed E-state index contributed by atoms with van der Waals surface area (Å²) in [4.78, 5) is 16.6. The van der Waals surface area contributed by atoms with Crippen molar-refractivity contribution >= 4 is 23.2 Å². The summed E-state index contributed by atoms with van der Waals surface area (Å²) in [6.07, 6.45) is 0.348. The van der Waals surface area contributed by atoms with E-state index in [1.54, 1.807) is 0 Å². The van der Waals surface area contributed by atoms with Gasteiger partial charge in [-0.25, -0.2) is 0 Å². The van der Waals surface area contributed by atoms with Crippen LogP contribution in [0.4, 0.5) is 5.69 Å². The number of rotatable bonds is 4.